The van der Waals surface area contributed by atoms with Gasteiger partial charge in [0, 0.05) is 6.54 Å². The smallest absolute Gasteiger partial charge is 0.405 e. The van der Waals surface area contributed by atoms with Crippen molar-refractivity contribution in [3.05, 3.63) is 23.8 Å². The molecule has 2 N–H and O–H groups in total. The fourth-order valence-corrected chi connectivity index (χ4v) is 1.81. The van der Waals surface area contributed by atoms with Crippen LogP contribution in [0.3, 0.4) is 0 Å². The lowest BCUT2D eigenvalue weighted by atomic mass is 10.1. The van der Waals surface area contributed by atoms with Crippen LogP contribution in [-0.2, 0) is 6.42 Å². The van der Waals surface area contributed by atoms with E-state index in [1.807, 2.05) is 6.07 Å². The Bertz CT molecular complexity index is 506. The summed E-state index contributed by atoms with van der Waals surface area (Å²) in [5.74, 6) is 1.31. The first-order chi connectivity index (χ1) is 9.94. The highest BCUT2D eigenvalue weighted by atomic mass is 19.4. The number of nitrogens with one attached hydrogen (secondary N) is 2. The van der Waals surface area contributed by atoms with Gasteiger partial charge in [0.25, 0.3) is 0 Å². The van der Waals surface area contributed by atoms with Gasteiger partial charge < -0.3 is 20.1 Å². The lowest BCUT2D eigenvalue weighted by Crippen LogP contribution is -2.41. The number of ether oxygens (including phenoxy) is 2. The summed E-state index contributed by atoms with van der Waals surface area (Å²) in [5, 5.41) is 4.10. The molecule has 5 nitrogen and oxygen atoms in total. The summed E-state index contributed by atoms with van der Waals surface area (Å²) in [6.45, 7) is -0.131. The number of halogens is 3. The quantitative estimate of drug-likeness (QED) is 0.892. The number of carbonyl (C=O) groups excluding carboxylic acids is 1. The minimum Gasteiger partial charge on any atom is -0.486 e. The normalized spacial score (nSPS) is 13.7. The number of rotatable bonds is 4. The number of hydrogen-bond acceptors (Lipinski definition) is 3. The van der Waals surface area contributed by atoms with E-state index in [9.17, 15) is 18.0 Å². The predicted molar refractivity (Wildman–Crippen MR) is 68.6 cm³/mol. The average molecular weight is 304 g/mol. The van der Waals surface area contributed by atoms with E-state index in [2.05, 4.69) is 5.32 Å². The molecule has 0 spiro atoms. The van der Waals surface area contributed by atoms with Crippen molar-refractivity contribution in [1.29, 1.82) is 0 Å². The molecule has 1 heterocycles. The van der Waals surface area contributed by atoms with E-state index in [4.69, 9.17) is 9.47 Å². The van der Waals surface area contributed by atoms with E-state index in [0.29, 0.717) is 31.1 Å². The fraction of sp³-hybridized carbons (Fsp3) is 0.462. The molecule has 0 radical (unpaired) electrons. The Morgan fingerprint density at radius 2 is 1.86 bits per heavy atom. The summed E-state index contributed by atoms with van der Waals surface area (Å²) in [7, 11) is 0. The lowest BCUT2D eigenvalue weighted by Gasteiger charge is -2.18. The average Bonchev–Trinajstić information content (AvgIpc) is 2.44. The van der Waals surface area contributed by atoms with E-state index in [-0.39, 0.29) is 6.54 Å². The van der Waals surface area contributed by atoms with Gasteiger partial charge in [0.2, 0.25) is 0 Å². The van der Waals surface area contributed by atoms with Gasteiger partial charge in [-0.05, 0) is 24.1 Å². The van der Waals surface area contributed by atoms with Gasteiger partial charge in [-0.25, -0.2) is 4.79 Å². The molecule has 0 atom stereocenters. The van der Waals surface area contributed by atoms with Gasteiger partial charge in [-0.2, -0.15) is 13.2 Å². The molecular formula is C13H15F3N2O3. The highest BCUT2D eigenvalue weighted by Gasteiger charge is 2.27. The van der Waals surface area contributed by atoms with Crippen LogP contribution in [0.4, 0.5) is 18.0 Å². The first-order valence-electron chi connectivity index (χ1n) is 6.41. The van der Waals surface area contributed by atoms with Crippen molar-refractivity contribution < 1.29 is 27.4 Å². The van der Waals surface area contributed by atoms with Gasteiger partial charge in [-0.3, -0.25) is 0 Å². The van der Waals surface area contributed by atoms with Crippen molar-refractivity contribution in [3.63, 3.8) is 0 Å². The number of urea groups is 1. The van der Waals surface area contributed by atoms with Gasteiger partial charge in [-0.15, -0.1) is 0 Å². The van der Waals surface area contributed by atoms with Crippen LogP contribution in [-0.4, -0.2) is 38.5 Å². The zero-order chi connectivity index (χ0) is 15.3. The van der Waals surface area contributed by atoms with Crippen molar-refractivity contribution >= 4 is 6.03 Å². The summed E-state index contributed by atoms with van der Waals surface area (Å²) >= 11 is 0. The number of alkyl halides is 3. The third-order valence-corrected chi connectivity index (χ3v) is 2.76. The fourth-order valence-electron chi connectivity index (χ4n) is 1.81. The summed E-state index contributed by atoms with van der Waals surface area (Å²) in [5.41, 5.74) is 0.898. The van der Waals surface area contributed by atoms with Gasteiger partial charge in [-0.1, -0.05) is 6.07 Å². The largest absolute Gasteiger partial charge is 0.486 e. The molecule has 1 aromatic carbocycles. The predicted octanol–water partition coefficient (Wildman–Crippen LogP) is 1.86. The number of fused-ring (bicyclic) bond motifs is 1. The summed E-state index contributed by atoms with van der Waals surface area (Å²) in [6, 6.07) is 4.55. The minimum atomic E-state index is -4.41. The van der Waals surface area contributed by atoms with Gasteiger partial charge in [0.05, 0.1) is 0 Å². The van der Waals surface area contributed by atoms with Crippen LogP contribution in [0, 0.1) is 0 Å². The van der Waals surface area contributed by atoms with Crippen LogP contribution in [0.15, 0.2) is 18.2 Å². The second-order valence-electron chi connectivity index (χ2n) is 4.45. The molecule has 2 rings (SSSR count). The summed E-state index contributed by atoms with van der Waals surface area (Å²) in [6.07, 6.45) is -3.93. The second-order valence-corrected chi connectivity index (χ2v) is 4.45. The van der Waals surface area contributed by atoms with Crippen LogP contribution in [0.1, 0.15) is 5.56 Å². The highest BCUT2D eigenvalue weighted by molar-refractivity contribution is 5.73. The third kappa shape index (κ3) is 5.05. The number of benzene rings is 1. The van der Waals surface area contributed by atoms with Crippen molar-refractivity contribution in [2.75, 3.05) is 26.3 Å². The van der Waals surface area contributed by atoms with Crippen LogP contribution in [0.5, 0.6) is 11.5 Å². The molecule has 0 unspecified atom stereocenters. The Labute approximate surface area is 119 Å². The third-order valence-electron chi connectivity index (χ3n) is 2.76. The van der Waals surface area contributed by atoms with E-state index in [0.717, 1.165) is 5.56 Å². The topological polar surface area (TPSA) is 59.6 Å². The Morgan fingerprint density at radius 3 is 2.57 bits per heavy atom. The minimum absolute atomic E-state index is 0.226. The van der Waals surface area contributed by atoms with Gasteiger partial charge in [0.15, 0.2) is 11.5 Å². The monoisotopic (exact) mass is 304 g/mol. The molecule has 0 bridgehead atoms. The molecule has 8 heteroatoms. The second kappa shape index (κ2) is 6.55. The molecule has 0 aliphatic carbocycles. The number of hydrogen-bond donors (Lipinski definition) is 2. The molecule has 0 fully saturated rings. The van der Waals surface area contributed by atoms with Crippen molar-refractivity contribution in [3.8, 4) is 11.5 Å². The molecular weight excluding hydrogens is 289 g/mol. The molecule has 21 heavy (non-hydrogen) atoms. The Morgan fingerprint density at radius 1 is 1.14 bits per heavy atom. The van der Waals surface area contributed by atoms with E-state index in [1.165, 1.54) is 0 Å². The molecule has 1 aliphatic rings. The van der Waals surface area contributed by atoms with Crippen LogP contribution in [0.2, 0.25) is 0 Å². The number of amides is 2. The Kier molecular flexibility index (Phi) is 4.77. The summed E-state index contributed by atoms with van der Waals surface area (Å²) < 4.78 is 46.5. The maximum atomic E-state index is 11.9. The zero-order valence-corrected chi connectivity index (χ0v) is 11.1. The number of carbonyl (C=O) groups is 1. The Hall–Kier alpha value is -2.12. The summed E-state index contributed by atoms with van der Waals surface area (Å²) in [4.78, 5) is 11.1. The highest BCUT2D eigenvalue weighted by Crippen LogP contribution is 2.30. The lowest BCUT2D eigenvalue weighted by molar-refractivity contribution is -0.122. The van der Waals surface area contributed by atoms with E-state index in [1.54, 1.807) is 17.4 Å². The van der Waals surface area contributed by atoms with Crippen LogP contribution >= 0.6 is 0 Å². The SMILES string of the molecule is O=C(NCCc1ccc2c(c1)OCCO2)NCC(F)(F)F. The molecule has 116 valence electrons. The molecule has 1 aliphatic heterocycles. The molecule has 2 amide bonds. The van der Waals surface area contributed by atoms with Gasteiger partial charge in [0.1, 0.15) is 19.8 Å². The first kappa shape index (κ1) is 15.3. The van der Waals surface area contributed by atoms with Crippen molar-refractivity contribution in [1.82, 2.24) is 10.6 Å². The molecule has 0 aromatic heterocycles. The first-order valence-corrected chi connectivity index (χ1v) is 6.41. The van der Waals surface area contributed by atoms with Crippen molar-refractivity contribution in [2.24, 2.45) is 0 Å². The zero-order valence-electron chi connectivity index (χ0n) is 11.1. The molecule has 0 saturated heterocycles. The maximum absolute atomic E-state index is 11.9. The van der Waals surface area contributed by atoms with Crippen LogP contribution in [0.25, 0.3) is 0 Å². The maximum Gasteiger partial charge on any atom is 0.405 e. The van der Waals surface area contributed by atoms with Crippen LogP contribution < -0.4 is 20.1 Å². The van der Waals surface area contributed by atoms with Gasteiger partial charge >= 0.3 is 12.2 Å². The van der Waals surface area contributed by atoms with Crippen molar-refractivity contribution in [2.45, 2.75) is 12.6 Å². The van der Waals surface area contributed by atoms with E-state index >= 15 is 0 Å². The standard InChI is InChI=1S/C13H15F3N2O3/c14-13(15,16)8-18-12(19)17-4-3-9-1-2-10-11(7-9)21-6-5-20-10/h1-2,7H,3-6,8H2,(H2,17,18,19). The molecule has 0 saturated carbocycles. The van der Waals surface area contributed by atoms with E-state index < -0.39 is 18.8 Å². The Balaban J connectivity index is 1.74. The molecule has 1 aromatic rings.